The Morgan fingerprint density at radius 3 is 2.71 bits per heavy atom. The number of nitrogens with one attached hydrogen (secondary N) is 1. The summed E-state index contributed by atoms with van der Waals surface area (Å²) in [6.07, 6.45) is 4.75. The first-order valence-corrected chi connectivity index (χ1v) is 11.4. The van der Waals surface area contributed by atoms with Gasteiger partial charge in [-0.15, -0.1) is 0 Å². The number of aromatic nitrogens is 3. The maximum Gasteiger partial charge on any atom is 0.255 e. The van der Waals surface area contributed by atoms with Crippen molar-refractivity contribution in [3.63, 3.8) is 0 Å². The third kappa shape index (κ3) is 5.30. The van der Waals surface area contributed by atoms with E-state index in [4.69, 9.17) is 9.47 Å². The second-order valence-electron chi connectivity index (χ2n) is 8.99. The smallest absolute Gasteiger partial charge is 0.255 e. The van der Waals surface area contributed by atoms with Crippen molar-refractivity contribution in [1.29, 1.82) is 0 Å². The van der Waals surface area contributed by atoms with E-state index in [1.165, 1.54) is 38.4 Å². The summed E-state index contributed by atoms with van der Waals surface area (Å²) in [4.78, 5) is 25.6. The van der Waals surface area contributed by atoms with Gasteiger partial charge in [-0.05, 0) is 52.0 Å². The molecule has 3 aromatic rings. The van der Waals surface area contributed by atoms with Gasteiger partial charge in [0, 0.05) is 41.2 Å². The monoisotopic (exact) mass is 482 g/mol. The molecule has 1 saturated heterocycles. The van der Waals surface area contributed by atoms with E-state index in [1.54, 1.807) is 18.3 Å². The van der Waals surface area contributed by atoms with Crippen molar-refractivity contribution >= 4 is 11.6 Å². The fourth-order valence-electron chi connectivity index (χ4n) is 3.92. The normalized spacial score (nSPS) is 17.9. The molecule has 7 nitrogen and oxygen atoms in total. The van der Waals surface area contributed by atoms with Crippen LogP contribution >= 0.6 is 0 Å². The Hall–Kier alpha value is -3.46. The molecule has 0 aliphatic carbocycles. The number of ether oxygens (including phenoxy) is 2. The first-order valence-electron chi connectivity index (χ1n) is 11.4. The minimum absolute atomic E-state index is 0.0604. The van der Waals surface area contributed by atoms with Gasteiger partial charge in [0.2, 0.25) is 5.88 Å². The molecule has 0 radical (unpaired) electrons. The average molecular weight is 483 g/mol. The number of halogens is 2. The molecule has 184 valence electrons. The maximum absolute atomic E-state index is 15.6. The summed E-state index contributed by atoms with van der Waals surface area (Å²) in [6.45, 7) is 7.01. The first kappa shape index (κ1) is 24.7. The fraction of sp³-hybridized carbons (Fsp3) is 0.385. The van der Waals surface area contributed by atoms with Crippen LogP contribution in [0.2, 0.25) is 0 Å². The third-order valence-corrected chi connectivity index (χ3v) is 5.88. The molecule has 3 aromatic heterocycles. The second kappa shape index (κ2) is 9.65. The number of rotatable bonds is 7. The van der Waals surface area contributed by atoms with Gasteiger partial charge < -0.3 is 14.8 Å². The molecule has 1 aliphatic heterocycles. The van der Waals surface area contributed by atoms with Crippen LogP contribution in [0.4, 0.5) is 14.5 Å². The minimum Gasteiger partial charge on any atom is -0.478 e. The van der Waals surface area contributed by atoms with Crippen molar-refractivity contribution < 1.29 is 23.0 Å². The molecule has 9 heteroatoms. The van der Waals surface area contributed by atoms with Crippen LogP contribution < -0.4 is 10.1 Å². The Labute approximate surface area is 202 Å². The summed E-state index contributed by atoms with van der Waals surface area (Å²) in [5, 5.41) is 2.79. The van der Waals surface area contributed by atoms with Crippen molar-refractivity contribution in [2.24, 2.45) is 0 Å². The lowest BCUT2D eigenvalue weighted by Crippen LogP contribution is -2.22. The highest BCUT2D eigenvalue weighted by Gasteiger charge is 2.40. The number of amides is 1. The van der Waals surface area contributed by atoms with Gasteiger partial charge in [-0.1, -0.05) is 0 Å². The maximum atomic E-state index is 15.6. The lowest BCUT2D eigenvalue weighted by Gasteiger charge is -2.21. The molecule has 35 heavy (non-hydrogen) atoms. The molecule has 4 rings (SSSR count). The number of alkyl halides is 2. The number of hydrogen-bond acceptors (Lipinski definition) is 6. The number of aryl methyl sites for hydroxylation is 1. The van der Waals surface area contributed by atoms with Gasteiger partial charge in [0.15, 0.2) is 5.67 Å². The zero-order chi connectivity index (χ0) is 25.2. The summed E-state index contributed by atoms with van der Waals surface area (Å²) in [5.74, 6) is -0.186. The molecule has 1 aliphatic rings. The Bertz CT molecular complexity index is 1240. The summed E-state index contributed by atoms with van der Waals surface area (Å²) in [6, 6.07) is 6.39. The summed E-state index contributed by atoms with van der Waals surface area (Å²) in [5.41, 5.74) is -0.160. The highest BCUT2D eigenvalue weighted by molar-refractivity contribution is 6.04. The lowest BCUT2D eigenvalue weighted by molar-refractivity contribution is 0.102. The van der Waals surface area contributed by atoms with Crippen LogP contribution in [0.5, 0.6) is 5.88 Å². The predicted octanol–water partition coefficient (Wildman–Crippen LogP) is 5.29. The average Bonchev–Trinajstić information content (AvgIpc) is 3.28. The topological polar surface area (TPSA) is 86.2 Å². The second-order valence-corrected chi connectivity index (χ2v) is 8.99. The van der Waals surface area contributed by atoms with Gasteiger partial charge in [-0.3, -0.25) is 14.8 Å². The third-order valence-electron chi connectivity index (χ3n) is 5.88. The number of pyridine rings is 3. The Kier molecular flexibility index (Phi) is 6.80. The van der Waals surface area contributed by atoms with Crippen molar-refractivity contribution in [3.8, 4) is 17.0 Å². The van der Waals surface area contributed by atoms with Gasteiger partial charge >= 0.3 is 0 Å². The number of nitrogens with zero attached hydrogens (tertiary/aromatic N) is 3. The van der Waals surface area contributed by atoms with E-state index in [0.717, 1.165) is 0 Å². The number of carbonyl (C=O) groups excluding carboxylic acids is 1. The standard InChI is InChI=1S/C26H28F2N4O3/c1-5-35-24-21(26(28)7-9-34-15-26)10-18(13-31-24)20-12-19(14-30-16(20)2)32-23(33)17-6-8-29-22(11-17)25(3,4)27/h6,8,10-14H,5,7,9,15H2,1-4H3,(H,32,33). The molecule has 4 heterocycles. The van der Waals surface area contributed by atoms with Crippen LogP contribution in [0, 0.1) is 6.92 Å². The molecule has 1 N–H and O–H groups in total. The SMILES string of the molecule is CCOc1ncc(-c2cc(NC(=O)c3ccnc(C(C)(C)F)c3)cnc2C)cc1C1(F)CCOC1. The van der Waals surface area contributed by atoms with Crippen molar-refractivity contribution in [1.82, 2.24) is 15.0 Å². The zero-order valence-corrected chi connectivity index (χ0v) is 20.2. The van der Waals surface area contributed by atoms with E-state index in [0.29, 0.717) is 41.3 Å². The fourth-order valence-corrected chi connectivity index (χ4v) is 3.92. The van der Waals surface area contributed by atoms with E-state index < -0.39 is 17.2 Å². The van der Waals surface area contributed by atoms with Gasteiger partial charge in [-0.25, -0.2) is 13.8 Å². The van der Waals surface area contributed by atoms with Crippen LogP contribution in [0.1, 0.15) is 54.5 Å². The van der Waals surface area contributed by atoms with E-state index >= 15 is 4.39 Å². The lowest BCUT2D eigenvalue weighted by atomic mass is 9.93. The van der Waals surface area contributed by atoms with Crippen LogP contribution in [0.15, 0.2) is 42.9 Å². The summed E-state index contributed by atoms with van der Waals surface area (Å²) in [7, 11) is 0. The van der Waals surface area contributed by atoms with Gasteiger partial charge in [-0.2, -0.15) is 0 Å². The highest BCUT2D eigenvalue weighted by atomic mass is 19.1. The molecule has 0 spiro atoms. The summed E-state index contributed by atoms with van der Waals surface area (Å²) >= 11 is 0. The molecule has 1 atom stereocenters. The molecule has 1 unspecified atom stereocenters. The van der Waals surface area contributed by atoms with Crippen LogP contribution in [-0.2, 0) is 16.1 Å². The summed E-state index contributed by atoms with van der Waals surface area (Å²) < 4.78 is 40.8. The molecule has 1 fully saturated rings. The van der Waals surface area contributed by atoms with Crippen molar-refractivity contribution in [2.75, 3.05) is 25.1 Å². The van der Waals surface area contributed by atoms with Crippen LogP contribution in [-0.4, -0.2) is 40.7 Å². The van der Waals surface area contributed by atoms with E-state index in [-0.39, 0.29) is 30.2 Å². The predicted molar refractivity (Wildman–Crippen MR) is 128 cm³/mol. The van der Waals surface area contributed by atoms with Crippen LogP contribution in [0.25, 0.3) is 11.1 Å². The zero-order valence-electron chi connectivity index (χ0n) is 20.2. The molecule has 1 amide bonds. The number of anilines is 1. The number of hydrogen-bond donors (Lipinski definition) is 1. The van der Waals surface area contributed by atoms with Gasteiger partial charge in [0.1, 0.15) is 5.67 Å². The molecule has 0 aromatic carbocycles. The molecular formula is C26H28F2N4O3. The Balaban J connectivity index is 1.66. The number of carbonyl (C=O) groups is 1. The largest absolute Gasteiger partial charge is 0.478 e. The Morgan fingerprint density at radius 1 is 1.23 bits per heavy atom. The Morgan fingerprint density at radius 2 is 2.03 bits per heavy atom. The first-order chi connectivity index (χ1) is 16.6. The van der Waals surface area contributed by atoms with Gasteiger partial charge in [0.25, 0.3) is 5.91 Å². The van der Waals surface area contributed by atoms with Crippen molar-refractivity contribution in [3.05, 3.63) is 65.4 Å². The van der Waals surface area contributed by atoms with Crippen molar-refractivity contribution in [2.45, 2.75) is 45.5 Å². The van der Waals surface area contributed by atoms with E-state index in [2.05, 4.69) is 20.3 Å². The van der Waals surface area contributed by atoms with Crippen LogP contribution in [0.3, 0.4) is 0 Å². The molecule has 0 bridgehead atoms. The van der Waals surface area contributed by atoms with E-state index in [9.17, 15) is 9.18 Å². The molecule has 0 saturated carbocycles. The van der Waals surface area contributed by atoms with Gasteiger partial charge in [0.05, 0.1) is 43.0 Å². The highest BCUT2D eigenvalue weighted by Crippen LogP contribution is 2.41. The minimum atomic E-state index is -1.69. The van der Waals surface area contributed by atoms with E-state index in [1.807, 2.05) is 13.8 Å². The molecular weight excluding hydrogens is 454 g/mol. The quantitative estimate of drug-likeness (QED) is 0.493.